The zero-order chi connectivity index (χ0) is 23.3. The summed E-state index contributed by atoms with van der Waals surface area (Å²) < 4.78 is 29.0. The number of fused-ring (bicyclic) bond motifs is 3. The molecule has 170 valence electrons. The van der Waals surface area contributed by atoms with Gasteiger partial charge in [0, 0.05) is 26.7 Å². The van der Waals surface area contributed by atoms with Crippen molar-refractivity contribution in [1.82, 2.24) is 0 Å². The van der Waals surface area contributed by atoms with Gasteiger partial charge in [0.2, 0.25) is 0 Å². The molecule has 8 heteroatoms. The van der Waals surface area contributed by atoms with Crippen molar-refractivity contribution in [2.75, 3.05) is 10.0 Å². The van der Waals surface area contributed by atoms with Crippen molar-refractivity contribution in [2.24, 2.45) is 5.92 Å². The standard InChI is InChI=1S/C25H21Cl3N2O2S/c1-14-21(27)6-3-7-23(14)30-33(31,32)16-9-11-24-20(13-16)17-4-2-5-18(17)25(29-24)19-10-8-15(26)12-22(19)28/h2-4,6-13,17-18,25,29-30H,5H2,1H3/t17?,18?,25-/m0/s1. The third-order valence-electron chi connectivity index (χ3n) is 6.45. The Kier molecular flexibility index (Phi) is 5.86. The minimum absolute atomic E-state index is 0.00282. The first-order valence-electron chi connectivity index (χ1n) is 10.5. The molecule has 0 radical (unpaired) electrons. The van der Waals surface area contributed by atoms with Crippen LogP contribution in [0.25, 0.3) is 0 Å². The van der Waals surface area contributed by atoms with E-state index in [0.29, 0.717) is 26.3 Å². The summed E-state index contributed by atoms with van der Waals surface area (Å²) in [6.45, 7) is 1.78. The van der Waals surface area contributed by atoms with E-state index >= 15 is 0 Å². The smallest absolute Gasteiger partial charge is 0.261 e. The number of sulfonamides is 1. The van der Waals surface area contributed by atoms with Gasteiger partial charge >= 0.3 is 0 Å². The Balaban J connectivity index is 1.51. The van der Waals surface area contributed by atoms with E-state index in [-0.39, 0.29) is 22.8 Å². The summed E-state index contributed by atoms with van der Waals surface area (Å²) in [4.78, 5) is 0.212. The zero-order valence-electron chi connectivity index (χ0n) is 17.6. The van der Waals surface area contributed by atoms with Crippen molar-refractivity contribution in [2.45, 2.75) is 30.2 Å². The highest BCUT2D eigenvalue weighted by Gasteiger charge is 2.39. The number of halogens is 3. The molecular weight excluding hydrogens is 499 g/mol. The van der Waals surface area contributed by atoms with Gasteiger partial charge in [0.25, 0.3) is 10.0 Å². The number of nitrogens with one attached hydrogen (secondary N) is 2. The first kappa shape index (κ1) is 22.6. The fraction of sp³-hybridized carbons (Fsp3) is 0.200. The Morgan fingerprint density at radius 2 is 1.79 bits per heavy atom. The van der Waals surface area contributed by atoms with E-state index in [1.807, 2.05) is 18.2 Å². The third kappa shape index (κ3) is 4.12. The molecule has 0 spiro atoms. The number of benzene rings is 3. The zero-order valence-corrected chi connectivity index (χ0v) is 20.7. The lowest BCUT2D eigenvalue weighted by Gasteiger charge is -2.38. The minimum Gasteiger partial charge on any atom is -0.378 e. The van der Waals surface area contributed by atoms with E-state index < -0.39 is 10.0 Å². The molecule has 2 N–H and O–H groups in total. The molecule has 33 heavy (non-hydrogen) atoms. The molecular formula is C25H21Cl3N2O2S. The average molecular weight is 520 g/mol. The molecule has 0 amide bonds. The van der Waals surface area contributed by atoms with Crippen LogP contribution in [-0.4, -0.2) is 8.42 Å². The molecule has 3 aromatic carbocycles. The van der Waals surface area contributed by atoms with Crippen molar-refractivity contribution >= 4 is 56.2 Å². The lowest BCUT2D eigenvalue weighted by atomic mass is 9.77. The van der Waals surface area contributed by atoms with Gasteiger partial charge in [0.1, 0.15) is 0 Å². The van der Waals surface area contributed by atoms with Crippen LogP contribution in [0.2, 0.25) is 15.1 Å². The maximum Gasteiger partial charge on any atom is 0.261 e. The maximum atomic E-state index is 13.2. The van der Waals surface area contributed by atoms with E-state index in [2.05, 4.69) is 22.2 Å². The van der Waals surface area contributed by atoms with Crippen LogP contribution in [0.15, 0.2) is 71.6 Å². The van der Waals surface area contributed by atoms with Gasteiger partial charge in [-0.25, -0.2) is 8.42 Å². The SMILES string of the molecule is Cc1c(Cl)cccc1NS(=O)(=O)c1ccc2c(c1)C1C=CCC1[C@@H](c1ccc(Cl)cc1Cl)N2. The van der Waals surface area contributed by atoms with Gasteiger partial charge < -0.3 is 5.32 Å². The van der Waals surface area contributed by atoms with Crippen LogP contribution in [-0.2, 0) is 10.0 Å². The molecule has 3 atom stereocenters. The Labute approximate surface area is 208 Å². The summed E-state index contributed by atoms with van der Waals surface area (Å²) in [5, 5.41) is 5.32. The highest BCUT2D eigenvalue weighted by atomic mass is 35.5. The Morgan fingerprint density at radius 3 is 2.58 bits per heavy atom. The van der Waals surface area contributed by atoms with Gasteiger partial charge in [0.05, 0.1) is 16.6 Å². The lowest BCUT2D eigenvalue weighted by Crippen LogP contribution is -2.29. The summed E-state index contributed by atoms with van der Waals surface area (Å²) in [6, 6.07) is 15.9. The Morgan fingerprint density at radius 1 is 0.970 bits per heavy atom. The quantitative estimate of drug-likeness (QED) is 0.349. The van der Waals surface area contributed by atoms with Crippen LogP contribution < -0.4 is 10.0 Å². The van der Waals surface area contributed by atoms with Gasteiger partial charge in [-0.3, -0.25) is 4.72 Å². The number of hydrogen-bond donors (Lipinski definition) is 2. The highest BCUT2D eigenvalue weighted by Crippen LogP contribution is 2.51. The topological polar surface area (TPSA) is 58.2 Å². The average Bonchev–Trinajstić information content (AvgIpc) is 3.26. The van der Waals surface area contributed by atoms with Gasteiger partial charge in [-0.05, 0) is 78.4 Å². The summed E-state index contributed by atoms with van der Waals surface area (Å²) in [6.07, 6.45) is 5.18. The van der Waals surface area contributed by atoms with Crippen molar-refractivity contribution < 1.29 is 8.42 Å². The second kappa shape index (κ2) is 8.55. The fourth-order valence-electron chi connectivity index (χ4n) is 4.72. The van der Waals surface area contributed by atoms with Crippen LogP contribution in [0.5, 0.6) is 0 Å². The monoisotopic (exact) mass is 518 g/mol. The van der Waals surface area contributed by atoms with E-state index in [9.17, 15) is 8.42 Å². The summed E-state index contributed by atoms with van der Waals surface area (Å²) in [5.74, 6) is 0.304. The number of anilines is 2. The molecule has 0 saturated heterocycles. The second-order valence-electron chi connectivity index (χ2n) is 8.41. The third-order valence-corrected chi connectivity index (χ3v) is 8.79. The van der Waals surface area contributed by atoms with Crippen LogP contribution in [0.1, 0.15) is 35.1 Å². The number of rotatable bonds is 4. The number of hydrogen-bond acceptors (Lipinski definition) is 3. The lowest BCUT2D eigenvalue weighted by molar-refractivity contribution is 0.425. The molecule has 1 heterocycles. The van der Waals surface area contributed by atoms with Crippen molar-refractivity contribution in [3.8, 4) is 0 Å². The molecule has 1 aliphatic heterocycles. The molecule has 4 nitrogen and oxygen atoms in total. The fourth-order valence-corrected chi connectivity index (χ4v) is 6.58. The van der Waals surface area contributed by atoms with E-state index in [1.165, 1.54) is 0 Å². The van der Waals surface area contributed by atoms with E-state index in [4.69, 9.17) is 34.8 Å². The van der Waals surface area contributed by atoms with E-state index in [1.54, 1.807) is 43.3 Å². The van der Waals surface area contributed by atoms with Crippen LogP contribution in [0.3, 0.4) is 0 Å². The first-order chi connectivity index (χ1) is 15.7. The molecule has 2 aliphatic rings. The van der Waals surface area contributed by atoms with Gasteiger partial charge in [-0.2, -0.15) is 0 Å². The van der Waals surface area contributed by atoms with Crippen LogP contribution >= 0.6 is 34.8 Å². The van der Waals surface area contributed by atoms with Crippen molar-refractivity contribution in [1.29, 1.82) is 0 Å². The number of allylic oxidation sites excluding steroid dienone is 2. The van der Waals surface area contributed by atoms with Gasteiger partial charge in [-0.1, -0.05) is 59.1 Å². The second-order valence-corrected chi connectivity index (χ2v) is 11.3. The highest BCUT2D eigenvalue weighted by molar-refractivity contribution is 7.92. The first-order valence-corrected chi connectivity index (χ1v) is 13.2. The molecule has 2 unspecified atom stereocenters. The van der Waals surface area contributed by atoms with E-state index in [0.717, 1.165) is 23.2 Å². The molecule has 0 saturated carbocycles. The van der Waals surface area contributed by atoms with Crippen molar-refractivity contribution in [3.05, 3.63) is 98.5 Å². The molecule has 3 aromatic rings. The molecule has 1 aliphatic carbocycles. The summed E-state index contributed by atoms with van der Waals surface area (Å²) >= 11 is 18.8. The van der Waals surface area contributed by atoms with Gasteiger partial charge in [-0.15, -0.1) is 0 Å². The summed E-state index contributed by atoms with van der Waals surface area (Å²) in [5.41, 5.74) is 4.00. The Hall–Kier alpha value is -2.18. The molecule has 5 rings (SSSR count). The Bertz CT molecular complexity index is 1390. The largest absolute Gasteiger partial charge is 0.378 e. The predicted molar refractivity (Wildman–Crippen MR) is 136 cm³/mol. The van der Waals surface area contributed by atoms with Crippen LogP contribution in [0.4, 0.5) is 11.4 Å². The molecule has 0 aromatic heterocycles. The summed E-state index contributed by atoms with van der Waals surface area (Å²) in [7, 11) is -3.79. The maximum absolute atomic E-state index is 13.2. The van der Waals surface area contributed by atoms with Crippen molar-refractivity contribution in [3.63, 3.8) is 0 Å². The van der Waals surface area contributed by atoms with Gasteiger partial charge in [0.15, 0.2) is 0 Å². The van der Waals surface area contributed by atoms with Crippen LogP contribution in [0, 0.1) is 12.8 Å². The predicted octanol–water partition coefficient (Wildman–Crippen LogP) is 7.58. The minimum atomic E-state index is -3.79. The molecule has 0 bridgehead atoms. The molecule has 0 fully saturated rings. The normalized spacial score (nSPS) is 21.3.